The van der Waals surface area contributed by atoms with Crippen molar-refractivity contribution < 1.29 is 4.79 Å². The number of hydrogen-bond donors (Lipinski definition) is 2. The molecule has 1 atom stereocenters. The third-order valence-electron chi connectivity index (χ3n) is 2.52. The summed E-state index contributed by atoms with van der Waals surface area (Å²) in [5.41, 5.74) is 5.75. The molecule has 0 saturated carbocycles. The lowest BCUT2D eigenvalue weighted by Crippen LogP contribution is -2.43. The lowest BCUT2D eigenvalue weighted by molar-refractivity contribution is -0.123. The molecule has 16 heavy (non-hydrogen) atoms. The Labute approximate surface area is 101 Å². The molecule has 3 nitrogen and oxygen atoms in total. The normalized spacial score (nSPS) is 12.8. The summed E-state index contributed by atoms with van der Waals surface area (Å²) in [6, 6.07) is 3.75. The lowest BCUT2D eigenvalue weighted by Gasteiger charge is -2.14. The van der Waals surface area contributed by atoms with Gasteiger partial charge in [0.2, 0.25) is 5.91 Å². The average molecular weight is 240 g/mol. The predicted octanol–water partition coefficient (Wildman–Crippen LogP) is 1.91. The van der Waals surface area contributed by atoms with E-state index in [-0.39, 0.29) is 11.8 Å². The van der Waals surface area contributed by atoms with Crippen molar-refractivity contribution in [3.05, 3.63) is 21.9 Å². The van der Waals surface area contributed by atoms with Crippen molar-refractivity contribution >= 4 is 17.2 Å². The van der Waals surface area contributed by atoms with Gasteiger partial charge in [-0.25, -0.2) is 0 Å². The monoisotopic (exact) mass is 240 g/mol. The van der Waals surface area contributed by atoms with Gasteiger partial charge in [-0.2, -0.15) is 0 Å². The Balaban J connectivity index is 2.42. The van der Waals surface area contributed by atoms with Crippen LogP contribution in [0.5, 0.6) is 0 Å². The first kappa shape index (κ1) is 13.2. The van der Waals surface area contributed by atoms with Crippen molar-refractivity contribution in [2.75, 3.05) is 0 Å². The van der Waals surface area contributed by atoms with Gasteiger partial charge >= 0.3 is 0 Å². The van der Waals surface area contributed by atoms with Gasteiger partial charge in [0.1, 0.15) is 0 Å². The molecule has 0 aliphatic carbocycles. The summed E-state index contributed by atoms with van der Waals surface area (Å²) in [5, 5.41) is 2.86. The van der Waals surface area contributed by atoms with Gasteiger partial charge < -0.3 is 11.1 Å². The van der Waals surface area contributed by atoms with Crippen molar-refractivity contribution in [2.24, 2.45) is 11.7 Å². The van der Waals surface area contributed by atoms with E-state index in [0.29, 0.717) is 6.54 Å². The van der Waals surface area contributed by atoms with Crippen molar-refractivity contribution in [2.45, 2.75) is 39.8 Å². The maximum atomic E-state index is 11.6. The third-order valence-corrected chi connectivity index (χ3v) is 3.75. The summed E-state index contributed by atoms with van der Waals surface area (Å²) in [7, 11) is 0. The molecule has 1 amide bonds. The highest BCUT2D eigenvalue weighted by Crippen LogP contribution is 2.16. The van der Waals surface area contributed by atoms with Crippen LogP contribution in [0, 0.1) is 5.92 Å². The van der Waals surface area contributed by atoms with E-state index in [1.54, 1.807) is 11.3 Å². The zero-order valence-electron chi connectivity index (χ0n) is 10.1. The Morgan fingerprint density at radius 3 is 2.56 bits per heavy atom. The molecular weight excluding hydrogens is 220 g/mol. The highest BCUT2D eigenvalue weighted by atomic mass is 32.1. The maximum absolute atomic E-state index is 11.6. The average Bonchev–Trinajstić information content (AvgIpc) is 2.72. The van der Waals surface area contributed by atoms with Crippen LogP contribution in [0.3, 0.4) is 0 Å². The number of rotatable bonds is 5. The van der Waals surface area contributed by atoms with Gasteiger partial charge in [0.15, 0.2) is 0 Å². The Morgan fingerprint density at radius 2 is 2.06 bits per heavy atom. The molecule has 4 heteroatoms. The Bertz CT molecular complexity index is 347. The van der Waals surface area contributed by atoms with Gasteiger partial charge in [0.25, 0.3) is 0 Å². The Morgan fingerprint density at radius 1 is 1.44 bits per heavy atom. The van der Waals surface area contributed by atoms with Crippen LogP contribution in [-0.4, -0.2) is 11.9 Å². The highest BCUT2D eigenvalue weighted by molar-refractivity contribution is 7.11. The summed E-state index contributed by atoms with van der Waals surface area (Å²) >= 11 is 1.74. The molecule has 0 radical (unpaired) electrons. The topological polar surface area (TPSA) is 55.1 Å². The second-order valence-corrected chi connectivity index (χ2v) is 5.46. The third kappa shape index (κ3) is 3.61. The summed E-state index contributed by atoms with van der Waals surface area (Å²) in [4.78, 5) is 14.1. The standard InChI is InChI=1S/C12H20N2OS/c1-4-9-5-6-10(16-9)7-14-12(15)11(13)8(2)3/h5-6,8,11H,4,7,13H2,1-3H3,(H,14,15)/t11-/m1/s1. The van der Waals surface area contributed by atoms with E-state index in [1.165, 1.54) is 9.75 Å². The smallest absolute Gasteiger partial charge is 0.237 e. The van der Waals surface area contributed by atoms with Gasteiger partial charge in [-0.1, -0.05) is 20.8 Å². The molecule has 0 saturated heterocycles. The van der Waals surface area contributed by atoms with E-state index in [2.05, 4.69) is 24.4 Å². The molecule has 1 heterocycles. The number of hydrogen-bond acceptors (Lipinski definition) is 3. The largest absolute Gasteiger partial charge is 0.350 e. The van der Waals surface area contributed by atoms with Crippen LogP contribution in [-0.2, 0) is 17.8 Å². The second-order valence-electron chi connectivity index (χ2n) is 4.21. The predicted molar refractivity (Wildman–Crippen MR) is 68.4 cm³/mol. The second kappa shape index (κ2) is 6.01. The van der Waals surface area contributed by atoms with E-state index >= 15 is 0 Å². The molecule has 0 aliphatic heterocycles. The van der Waals surface area contributed by atoms with Crippen molar-refractivity contribution in [3.63, 3.8) is 0 Å². The van der Waals surface area contributed by atoms with Crippen LogP contribution < -0.4 is 11.1 Å². The van der Waals surface area contributed by atoms with Crippen LogP contribution in [0.15, 0.2) is 12.1 Å². The maximum Gasteiger partial charge on any atom is 0.237 e. The number of amides is 1. The van der Waals surface area contributed by atoms with Crippen LogP contribution in [0.4, 0.5) is 0 Å². The number of carbonyl (C=O) groups excluding carboxylic acids is 1. The molecule has 90 valence electrons. The van der Waals surface area contributed by atoms with Crippen LogP contribution in [0.25, 0.3) is 0 Å². The molecular formula is C12H20N2OS. The SMILES string of the molecule is CCc1ccc(CNC(=O)[C@H](N)C(C)C)s1. The highest BCUT2D eigenvalue weighted by Gasteiger charge is 2.16. The van der Waals surface area contributed by atoms with Crippen LogP contribution in [0.1, 0.15) is 30.5 Å². The molecule has 0 unspecified atom stereocenters. The molecule has 0 bridgehead atoms. The number of nitrogens with one attached hydrogen (secondary N) is 1. The Hall–Kier alpha value is -0.870. The molecule has 1 rings (SSSR count). The van der Waals surface area contributed by atoms with E-state index in [0.717, 1.165) is 6.42 Å². The van der Waals surface area contributed by atoms with Gasteiger partial charge in [0.05, 0.1) is 12.6 Å². The first-order valence-electron chi connectivity index (χ1n) is 5.65. The van der Waals surface area contributed by atoms with E-state index in [4.69, 9.17) is 5.73 Å². The quantitative estimate of drug-likeness (QED) is 0.826. The number of thiophene rings is 1. The van der Waals surface area contributed by atoms with Crippen LogP contribution in [0.2, 0.25) is 0 Å². The van der Waals surface area contributed by atoms with Gasteiger partial charge in [0, 0.05) is 9.75 Å². The van der Waals surface area contributed by atoms with Crippen molar-refractivity contribution in [1.29, 1.82) is 0 Å². The molecule has 1 aromatic rings. The minimum atomic E-state index is -0.411. The zero-order valence-corrected chi connectivity index (χ0v) is 10.9. The fourth-order valence-corrected chi connectivity index (χ4v) is 2.20. The zero-order chi connectivity index (χ0) is 12.1. The van der Waals surface area contributed by atoms with Crippen molar-refractivity contribution in [3.8, 4) is 0 Å². The summed E-state index contributed by atoms with van der Waals surface area (Å²) in [6.07, 6.45) is 1.05. The first-order valence-corrected chi connectivity index (χ1v) is 6.47. The molecule has 0 aromatic carbocycles. The summed E-state index contributed by atoms with van der Waals surface area (Å²) in [6.45, 7) is 6.61. The molecule has 1 aromatic heterocycles. The number of aryl methyl sites for hydroxylation is 1. The molecule has 3 N–H and O–H groups in total. The fourth-order valence-electron chi connectivity index (χ4n) is 1.30. The number of nitrogens with two attached hydrogens (primary N) is 1. The van der Waals surface area contributed by atoms with Gasteiger partial charge in [-0.05, 0) is 24.5 Å². The minimum absolute atomic E-state index is 0.0681. The lowest BCUT2D eigenvalue weighted by atomic mass is 10.1. The minimum Gasteiger partial charge on any atom is -0.350 e. The summed E-state index contributed by atoms with van der Waals surface area (Å²) < 4.78 is 0. The van der Waals surface area contributed by atoms with Crippen LogP contribution >= 0.6 is 11.3 Å². The first-order chi connectivity index (χ1) is 7.54. The van der Waals surface area contributed by atoms with E-state index in [1.807, 2.05) is 13.8 Å². The number of carbonyl (C=O) groups is 1. The Kier molecular flexibility index (Phi) is 4.96. The fraction of sp³-hybridized carbons (Fsp3) is 0.583. The molecule has 0 spiro atoms. The van der Waals surface area contributed by atoms with Crippen molar-refractivity contribution in [1.82, 2.24) is 5.32 Å². The molecule has 0 fully saturated rings. The van der Waals surface area contributed by atoms with Gasteiger partial charge in [-0.15, -0.1) is 11.3 Å². The van der Waals surface area contributed by atoms with E-state index < -0.39 is 6.04 Å². The van der Waals surface area contributed by atoms with E-state index in [9.17, 15) is 4.79 Å². The molecule has 0 aliphatic rings. The summed E-state index contributed by atoms with van der Waals surface area (Å²) in [5.74, 6) is 0.107. The van der Waals surface area contributed by atoms with Gasteiger partial charge in [-0.3, -0.25) is 4.79 Å².